The zero-order valence-electron chi connectivity index (χ0n) is 25.9. The first-order chi connectivity index (χ1) is 16.9. The highest BCUT2D eigenvalue weighted by Gasteiger charge is 2.48. The van der Waals surface area contributed by atoms with Gasteiger partial charge >= 0.3 is 6.09 Å². The molecule has 38 heavy (non-hydrogen) atoms. The Morgan fingerprint density at radius 2 is 1.50 bits per heavy atom. The normalized spacial score (nSPS) is 17.2. The second-order valence-electron chi connectivity index (χ2n) is 14.8. The number of benzene rings is 1. The predicted molar refractivity (Wildman–Crippen MR) is 157 cm³/mol. The summed E-state index contributed by atoms with van der Waals surface area (Å²) < 4.78 is 20.9. The number of hydrogen-bond donors (Lipinski definition) is 1. The van der Waals surface area contributed by atoms with E-state index in [0.717, 1.165) is 10.9 Å². The van der Waals surface area contributed by atoms with Crippen LogP contribution in [0.2, 0.25) is 0 Å². The van der Waals surface area contributed by atoms with Gasteiger partial charge in [0.05, 0.1) is 12.1 Å². The van der Waals surface area contributed by atoms with E-state index in [1.54, 1.807) is 11.0 Å². The first kappa shape index (κ1) is 32.5. The van der Waals surface area contributed by atoms with Crippen LogP contribution in [0.15, 0.2) is 12.1 Å². The van der Waals surface area contributed by atoms with E-state index in [-0.39, 0.29) is 28.7 Å². The summed E-state index contributed by atoms with van der Waals surface area (Å²) in [6, 6.07) is 2.25. The van der Waals surface area contributed by atoms with Crippen LogP contribution in [0.25, 0.3) is 0 Å². The molecule has 8 heteroatoms. The van der Waals surface area contributed by atoms with Gasteiger partial charge in [0.25, 0.3) is 0 Å². The van der Waals surface area contributed by atoms with E-state index in [9.17, 15) is 9.59 Å². The van der Waals surface area contributed by atoms with Gasteiger partial charge in [0.15, 0.2) is 0 Å². The molecule has 1 aliphatic heterocycles. The Kier molecular flexibility index (Phi) is 9.44. The lowest BCUT2D eigenvalue weighted by molar-refractivity contribution is -0.141. The van der Waals surface area contributed by atoms with Gasteiger partial charge in [0.1, 0.15) is 11.4 Å². The number of aryl methyl sites for hydroxylation is 1. The standard InChI is InChI=1S/C30H51FN3O3P/c1-18-14-21(31)20(15-22(18)38)23(19-16-33(17-19)26(36)37-30(11,12)13)32-25(35)24(27(2,3)4)34(28(5,6)7)29(8,9)10/h14-15,19,23-24H,16-17,38H2,1-13H3,(H,32,35)/t23?,24-/m0/s1. The fourth-order valence-corrected chi connectivity index (χ4v) is 5.77. The summed E-state index contributed by atoms with van der Waals surface area (Å²) in [4.78, 5) is 30.7. The maximum absolute atomic E-state index is 15.4. The van der Waals surface area contributed by atoms with Crippen molar-refractivity contribution in [2.24, 2.45) is 11.3 Å². The zero-order valence-corrected chi connectivity index (χ0v) is 27.0. The number of amides is 2. The first-order valence-corrected chi connectivity index (χ1v) is 14.1. The largest absolute Gasteiger partial charge is 0.444 e. The monoisotopic (exact) mass is 551 g/mol. The fourth-order valence-electron chi connectivity index (χ4n) is 5.50. The van der Waals surface area contributed by atoms with Crippen LogP contribution in [0.1, 0.15) is 100 Å². The molecule has 0 aromatic heterocycles. The van der Waals surface area contributed by atoms with Crippen molar-refractivity contribution in [3.8, 4) is 0 Å². The second kappa shape index (κ2) is 11.0. The van der Waals surface area contributed by atoms with Gasteiger partial charge in [0.2, 0.25) is 5.91 Å². The Balaban J connectivity index is 2.49. The maximum Gasteiger partial charge on any atom is 0.410 e. The van der Waals surface area contributed by atoms with Crippen molar-refractivity contribution in [3.63, 3.8) is 0 Å². The van der Waals surface area contributed by atoms with Gasteiger partial charge in [-0.3, -0.25) is 9.69 Å². The highest BCUT2D eigenvalue weighted by Crippen LogP contribution is 2.38. The Morgan fingerprint density at radius 3 is 1.92 bits per heavy atom. The molecule has 0 radical (unpaired) electrons. The van der Waals surface area contributed by atoms with Crippen LogP contribution in [-0.4, -0.2) is 57.6 Å². The molecule has 1 aliphatic rings. The molecule has 0 aliphatic carbocycles. The number of halogens is 1. The van der Waals surface area contributed by atoms with Gasteiger partial charge in [-0.05, 0) is 97.7 Å². The molecular weight excluding hydrogens is 500 g/mol. The maximum atomic E-state index is 15.4. The average Bonchev–Trinajstić information content (AvgIpc) is 2.62. The number of hydrogen-bond acceptors (Lipinski definition) is 4. The van der Waals surface area contributed by atoms with Crippen LogP contribution in [0, 0.1) is 24.1 Å². The quantitative estimate of drug-likeness (QED) is 0.458. The molecule has 1 fully saturated rings. The molecule has 6 nitrogen and oxygen atoms in total. The van der Waals surface area contributed by atoms with E-state index >= 15 is 4.39 Å². The van der Waals surface area contributed by atoms with Crippen molar-refractivity contribution in [2.75, 3.05) is 13.1 Å². The Bertz CT molecular complexity index is 1010. The number of carbonyl (C=O) groups excluding carboxylic acids is 2. The number of ether oxygens (including phenoxy) is 1. The summed E-state index contributed by atoms with van der Waals surface area (Å²) in [5.41, 5.74) is -0.325. The summed E-state index contributed by atoms with van der Waals surface area (Å²) in [6.07, 6.45) is -0.394. The van der Waals surface area contributed by atoms with Crippen LogP contribution in [0.4, 0.5) is 9.18 Å². The first-order valence-electron chi connectivity index (χ1n) is 13.6. The van der Waals surface area contributed by atoms with Gasteiger partial charge in [0, 0.05) is 35.6 Å². The van der Waals surface area contributed by atoms with Gasteiger partial charge in [-0.1, -0.05) is 20.8 Å². The highest BCUT2D eigenvalue weighted by atomic mass is 31.0. The molecule has 1 aromatic rings. The van der Waals surface area contributed by atoms with E-state index < -0.39 is 29.2 Å². The molecule has 1 heterocycles. The van der Waals surface area contributed by atoms with Crippen molar-refractivity contribution in [3.05, 3.63) is 29.1 Å². The van der Waals surface area contributed by atoms with Crippen LogP contribution in [-0.2, 0) is 9.53 Å². The van der Waals surface area contributed by atoms with Crippen LogP contribution in [0.3, 0.4) is 0 Å². The molecule has 0 saturated carbocycles. The SMILES string of the molecule is Cc1cc(F)c(C(NC(=O)[C@H](N(C(C)(C)C)C(C)(C)C)C(C)(C)C)C2CN(C(=O)OC(C)(C)C)C2)cc1P. The molecule has 2 unspecified atom stereocenters. The highest BCUT2D eigenvalue weighted by molar-refractivity contribution is 7.27. The van der Waals surface area contributed by atoms with E-state index in [4.69, 9.17) is 4.74 Å². The van der Waals surface area contributed by atoms with Crippen molar-refractivity contribution in [1.29, 1.82) is 0 Å². The van der Waals surface area contributed by atoms with E-state index in [2.05, 4.69) is 81.8 Å². The number of likely N-dealkylation sites (tertiary alicyclic amines) is 1. The van der Waals surface area contributed by atoms with Gasteiger partial charge in [-0.25, -0.2) is 9.18 Å². The van der Waals surface area contributed by atoms with Crippen molar-refractivity contribution >= 4 is 26.5 Å². The molecule has 3 atom stereocenters. The topological polar surface area (TPSA) is 61.9 Å². The van der Waals surface area contributed by atoms with Gasteiger partial charge in [-0.15, -0.1) is 9.24 Å². The number of carbonyl (C=O) groups is 2. The lowest BCUT2D eigenvalue weighted by Crippen LogP contribution is -2.66. The van der Waals surface area contributed by atoms with Gasteiger partial charge < -0.3 is 15.0 Å². The summed E-state index contributed by atoms with van der Waals surface area (Å²) in [6.45, 7) is 27.0. The van der Waals surface area contributed by atoms with E-state index in [0.29, 0.717) is 18.7 Å². The van der Waals surface area contributed by atoms with Crippen molar-refractivity contribution < 1.29 is 18.7 Å². The molecule has 2 rings (SSSR count). The smallest absolute Gasteiger partial charge is 0.410 e. The minimum absolute atomic E-state index is 0.145. The minimum atomic E-state index is -0.601. The summed E-state index contributed by atoms with van der Waals surface area (Å²) in [5.74, 6) is -0.648. The number of nitrogens with one attached hydrogen (secondary N) is 1. The molecule has 216 valence electrons. The molecule has 0 spiro atoms. The lowest BCUT2D eigenvalue weighted by atomic mass is 9.79. The number of nitrogens with zero attached hydrogens (tertiary/aromatic N) is 2. The third-order valence-electron chi connectivity index (χ3n) is 6.82. The van der Waals surface area contributed by atoms with Crippen LogP contribution in [0.5, 0.6) is 0 Å². The summed E-state index contributed by atoms with van der Waals surface area (Å²) in [7, 11) is 2.65. The Labute approximate surface area is 232 Å². The molecular formula is C30H51FN3O3P. The summed E-state index contributed by atoms with van der Waals surface area (Å²) in [5, 5.41) is 4.13. The second-order valence-corrected chi connectivity index (χ2v) is 15.5. The molecule has 1 aromatic carbocycles. The summed E-state index contributed by atoms with van der Waals surface area (Å²) >= 11 is 0. The van der Waals surface area contributed by atoms with Crippen LogP contribution < -0.4 is 10.6 Å². The van der Waals surface area contributed by atoms with Crippen molar-refractivity contribution in [2.45, 2.75) is 119 Å². The van der Waals surface area contributed by atoms with Gasteiger partial charge in [-0.2, -0.15) is 0 Å². The lowest BCUT2D eigenvalue weighted by Gasteiger charge is -2.53. The minimum Gasteiger partial charge on any atom is -0.444 e. The Hall–Kier alpha value is -1.72. The third kappa shape index (κ3) is 7.91. The number of rotatable bonds is 5. The van der Waals surface area contributed by atoms with Crippen LogP contribution >= 0.6 is 9.24 Å². The van der Waals surface area contributed by atoms with Crippen molar-refractivity contribution in [1.82, 2.24) is 15.1 Å². The van der Waals surface area contributed by atoms with E-state index in [1.165, 1.54) is 6.07 Å². The predicted octanol–water partition coefficient (Wildman–Crippen LogP) is 5.97. The Morgan fingerprint density at radius 1 is 1.00 bits per heavy atom. The molecule has 1 saturated heterocycles. The fraction of sp³-hybridized carbons (Fsp3) is 0.733. The molecule has 0 bridgehead atoms. The van der Waals surface area contributed by atoms with E-state index in [1.807, 2.05) is 27.7 Å². The molecule has 2 amide bonds. The molecule has 1 N–H and O–H groups in total. The zero-order chi connectivity index (χ0) is 29.6. The third-order valence-corrected chi connectivity index (χ3v) is 7.45. The average molecular weight is 552 g/mol.